The second-order valence-corrected chi connectivity index (χ2v) is 5.88. The maximum atomic E-state index is 13.0. The van der Waals surface area contributed by atoms with Gasteiger partial charge in [-0.25, -0.2) is 0 Å². The maximum Gasteiger partial charge on any atom is 0.416 e. The van der Waals surface area contributed by atoms with Crippen molar-refractivity contribution in [3.63, 3.8) is 0 Å². The van der Waals surface area contributed by atoms with Crippen LogP contribution in [0.1, 0.15) is 44.7 Å². The summed E-state index contributed by atoms with van der Waals surface area (Å²) in [5.74, 6) is 0. The zero-order valence-corrected chi connectivity index (χ0v) is 10.9. The Morgan fingerprint density at radius 2 is 1.67 bits per heavy atom. The standard InChI is InChI=1S/C14H18F3N/c1-12(2)8-9-13(3,18-12)10-6-4-5-7-11(10)14(15,16)17/h4-7,18H,8-9H2,1-3H3. The first-order chi connectivity index (χ1) is 8.14. The zero-order chi connectivity index (χ0) is 13.6. The summed E-state index contributed by atoms with van der Waals surface area (Å²) in [5.41, 5.74) is -0.899. The van der Waals surface area contributed by atoms with Crippen molar-refractivity contribution in [3.8, 4) is 0 Å². The summed E-state index contributed by atoms with van der Waals surface area (Å²) in [6.45, 7) is 5.90. The van der Waals surface area contributed by atoms with Crippen LogP contribution in [0, 0.1) is 0 Å². The summed E-state index contributed by atoms with van der Waals surface area (Å²) in [5, 5.41) is 3.34. The molecule has 1 N–H and O–H groups in total. The van der Waals surface area contributed by atoms with Crippen LogP contribution in [-0.4, -0.2) is 5.54 Å². The Morgan fingerprint density at radius 3 is 2.17 bits per heavy atom. The highest BCUT2D eigenvalue weighted by atomic mass is 19.4. The number of nitrogens with one attached hydrogen (secondary N) is 1. The lowest BCUT2D eigenvalue weighted by Gasteiger charge is -2.31. The van der Waals surface area contributed by atoms with E-state index in [9.17, 15) is 13.2 Å². The largest absolute Gasteiger partial charge is 0.416 e. The van der Waals surface area contributed by atoms with Crippen LogP contribution in [0.2, 0.25) is 0 Å². The van der Waals surface area contributed by atoms with Gasteiger partial charge in [-0.1, -0.05) is 18.2 Å². The van der Waals surface area contributed by atoms with Gasteiger partial charge in [-0.05, 0) is 45.2 Å². The molecule has 0 saturated carbocycles. The summed E-state index contributed by atoms with van der Waals surface area (Å²) < 4.78 is 39.1. The molecule has 18 heavy (non-hydrogen) atoms. The van der Waals surface area contributed by atoms with Gasteiger partial charge in [0.25, 0.3) is 0 Å². The predicted molar refractivity (Wildman–Crippen MR) is 65.2 cm³/mol. The van der Waals surface area contributed by atoms with Gasteiger partial charge in [0.15, 0.2) is 0 Å². The lowest BCUT2D eigenvalue weighted by atomic mass is 9.86. The topological polar surface area (TPSA) is 12.0 Å². The molecule has 0 amide bonds. The van der Waals surface area contributed by atoms with Gasteiger partial charge in [0, 0.05) is 11.1 Å². The number of hydrogen-bond acceptors (Lipinski definition) is 1. The third-order valence-corrected chi connectivity index (χ3v) is 3.69. The number of halogens is 3. The quantitative estimate of drug-likeness (QED) is 0.799. The molecular formula is C14H18F3N. The second-order valence-electron chi connectivity index (χ2n) is 5.88. The van der Waals surface area contributed by atoms with E-state index in [1.807, 2.05) is 20.8 Å². The molecule has 0 spiro atoms. The minimum atomic E-state index is -4.30. The van der Waals surface area contributed by atoms with E-state index in [1.165, 1.54) is 6.07 Å². The molecule has 1 nitrogen and oxygen atoms in total. The maximum absolute atomic E-state index is 13.0. The fourth-order valence-corrected chi connectivity index (χ4v) is 2.85. The van der Waals surface area contributed by atoms with Gasteiger partial charge in [0.05, 0.1) is 5.56 Å². The summed E-state index contributed by atoms with van der Waals surface area (Å²) in [7, 11) is 0. The average Bonchev–Trinajstić information content (AvgIpc) is 2.53. The molecule has 4 heteroatoms. The normalized spacial score (nSPS) is 27.4. The van der Waals surface area contributed by atoms with Crippen molar-refractivity contribution in [1.82, 2.24) is 5.32 Å². The van der Waals surface area contributed by atoms with Crippen LogP contribution in [0.25, 0.3) is 0 Å². The van der Waals surface area contributed by atoms with Crippen LogP contribution in [0.5, 0.6) is 0 Å². The van der Waals surface area contributed by atoms with E-state index >= 15 is 0 Å². The van der Waals surface area contributed by atoms with E-state index in [0.29, 0.717) is 12.0 Å². The minimum Gasteiger partial charge on any atom is -0.303 e. The van der Waals surface area contributed by atoms with Crippen molar-refractivity contribution in [3.05, 3.63) is 35.4 Å². The molecule has 0 bridgehead atoms. The number of benzene rings is 1. The number of rotatable bonds is 1. The Balaban J connectivity index is 2.46. The average molecular weight is 257 g/mol. The van der Waals surface area contributed by atoms with Crippen LogP contribution in [0.3, 0.4) is 0 Å². The van der Waals surface area contributed by atoms with Gasteiger partial charge < -0.3 is 5.32 Å². The highest BCUT2D eigenvalue weighted by molar-refractivity contribution is 5.36. The van der Waals surface area contributed by atoms with Crippen LogP contribution < -0.4 is 5.32 Å². The summed E-state index contributed by atoms with van der Waals surface area (Å²) in [6.07, 6.45) is -2.71. The monoisotopic (exact) mass is 257 g/mol. The first-order valence-electron chi connectivity index (χ1n) is 6.10. The zero-order valence-electron chi connectivity index (χ0n) is 10.9. The molecule has 0 radical (unpaired) electrons. The predicted octanol–water partition coefficient (Wildman–Crippen LogP) is 4.08. The van der Waals surface area contributed by atoms with Crippen molar-refractivity contribution in [2.24, 2.45) is 0 Å². The molecule has 1 saturated heterocycles. The Hall–Kier alpha value is -1.03. The highest BCUT2D eigenvalue weighted by Crippen LogP contribution is 2.43. The first-order valence-corrected chi connectivity index (χ1v) is 6.10. The molecular weight excluding hydrogens is 239 g/mol. The van der Waals surface area contributed by atoms with E-state index in [4.69, 9.17) is 0 Å². The van der Waals surface area contributed by atoms with Gasteiger partial charge in [-0.2, -0.15) is 13.2 Å². The lowest BCUT2D eigenvalue weighted by molar-refractivity contribution is -0.138. The van der Waals surface area contributed by atoms with E-state index in [0.717, 1.165) is 12.5 Å². The van der Waals surface area contributed by atoms with Crippen molar-refractivity contribution >= 4 is 0 Å². The molecule has 1 fully saturated rings. The van der Waals surface area contributed by atoms with Crippen molar-refractivity contribution < 1.29 is 13.2 Å². The SMILES string of the molecule is CC1(C)CCC(C)(c2ccccc2C(F)(F)F)N1. The summed E-state index contributed by atoms with van der Waals surface area (Å²) in [4.78, 5) is 0. The van der Waals surface area contributed by atoms with Crippen LogP contribution >= 0.6 is 0 Å². The third kappa shape index (κ3) is 2.39. The van der Waals surface area contributed by atoms with Crippen molar-refractivity contribution in [2.75, 3.05) is 0 Å². The Bertz CT molecular complexity index is 451. The summed E-state index contributed by atoms with van der Waals surface area (Å²) >= 11 is 0. The Morgan fingerprint density at radius 1 is 1.06 bits per heavy atom. The summed E-state index contributed by atoms with van der Waals surface area (Å²) in [6, 6.07) is 5.85. The minimum absolute atomic E-state index is 0.118. The van der Waals surface area contributed by atoms with E-state index in [1.54, 1.807) is 12.1 Å². The molecule has 2 rings (SSSR count). The molecule has 0 aliphatic carbocycles. The van der Waals surface area contributed by atoms with Gasteiger partial charge in [0.1, 0.15) is 0 Å². The second kappa shape index (κ2) is 3.98. The third-order valence-electron chi connectivity index (χ3n) is 3.69. The molecule has 1 aliphatic heterocycles. The van der Waals surface area contributed by atoms with Crippen molar-refractivity contribution in [2.45, 2.75) is 50.9 Å². The lowest BCUT2D eigenvalue weighted by Crippen LogP contribution is -2.44. The molecule has 1 aliphatic rings. The van der Waals surface area contributed by atoms with Crippen LogP contribution in [0.4, 0.5) is 13.2 Å². The Kier molecular flexibility index (Phi) is 2.97. The molecule has 1 unspecified atom stereocenters. The molecule has 1 aromatic rings. The fraction of sp³-hybridized carbons (Fsp3) is 0.571. The molecule has 100 valence electrons. The number of hydrogen-bond donors (Lipinski definition) is 1. The Labute approximate surface area is 105 Å². The van der Waals surface area contributed by atoms with E-state index in [-0.39, 0.29) is 5.54 Å². The number of alkyl halides is 3. The van der Waals surface area contributed by atoms with Gasteiger partial charge in [-0.15, -0.1) is 0 Å². The molecule has 0 aromatic heterocycles. The smallest absolute Gasteiger partial charge is 0.303 e. The van der Waals surface area contributed by atoms with Gasteiger partial charge in [-0.3, -0.25) is 0 Å². The van der Waals surface area contributed by atoms with Gasteiger partial charge >= 0.3 is 6.18 Å². The van der Waals surface area contributed by atoms with Crippen molar-refractivity contribution in [1.29, 1.82) is 0 Å². The first kappa shape index (κ1) is 13.4. The van der Waals surface area contributed by atoms with Crippen LogP contribution in [-0.2, 0) is 11.7 Å². The van der Waals surface area contributed by atoms with Gasteiger partial charge in [0.2, 0.25) is 0 Å². The molecule has 1 aromatic carbocycles. The molecule has 1 heterocycles. The fourth-order valence-electron chi connectivity index (χ4n) is 2.85. The van der Waals surface area contributed by atoms with E-state index < -0.39 is 17.3 Å². The highest BCUT2D eigenvalue weighted by Gasteiger charge is 2.44. The van der Waals surface area contributed by atoms with E-state index in [2.05, 4.69) is 5.32 Å². The molecule has 1 atom stereocenters. The van der Waals surface area contributed by atoms with Crippen LogP contribution in [0.15, 0.2) is 24.3 Å².